The monoisotopic (exact) mass is 299 g/mol. The van der Waals surface area contributed by atoms with Crippen LogP contribution in [0.3, 0.4) is 0 Å². The minimum absolute atomic E-state index is 0.0603. The molecule has 0 atom stereocenters. The van der Waals surface area contributed by atoms with Gasteiger partial charge in [0.1, 0.15) is 4.90 Å². The topological polar surface area (TPSA) is 104 Å². The second kappa shape index (κ2) is 5.59. The first-order valence-electron chi connectivity index (χ1n) is 6.66. The highest BCUT2D eigenvalue weighted by molar-refractivity contribution is 7.89. The van der Waals surface area contributed by atoms with Crippen molar-refractivity contribution in [3.63, 3.8) is 0 Å². The molecule has 1 aromatic rings. The second-order valence-electron chi connectivity index (χ2n) is 5.25. The van der Waals surface area contributed by atoms with Gasteiger partial charge < -0.3 is 16.2 Å². The molecule has 6 nitrogen and oxygen atoms in total. The zero-order valence-corrected chi connectivity index (χ0v) is 12.3. The fourth-order valence-electron chi connectivity index (χ4n) is 2.49. The number of benzene rings is 1. The molecule has 0 radical (unpaired) electrons. The van der Waals surface area contributed by atoms with E-state index in [4.69, 9.17) is 5.73 Å². The van der Waals surface area contributed by atoms with E-state index in [-0.39, 0.29) is 10.6 Å². The second-order valence-corrected chi connectivity index (χ2v) is 7.10. The van der Waals surface area contributed by atoms with Crippen LogP contribution < -0.4 is 15.8 Å². The summed E-state index contributed by atoms with van der Waals surface area (Å²) in [5, 5.41) is 13.4. The van der Waals surface area contributed by atoms with Crippen molar-refractivity contribution >= 4 is 21.4 Å². The van der Waals surface area contributed by atoms with E-state index < -0.39 is 15.6 Å². The zero-order chi connectivity index (χ0) is 14.8. The SMILES string of the molecule is CNS(=O)(=O)c1ccc(NCC2(O)CCCC2)cc1N. The smallest absolute Gasteiger partial charge is 0.242 e. The van der Waals surface area contributed by atoms with Crippen LogP contribution in [0.15, 0.2) is 23.1 Å². The molecule has 0 bridgehead atoms. The number of anilines is 2. The summed E-state index contributed by atoms with van der Waals surface area (Å²) in [6.07, 6.45) is 3.67. The van der Waals surface area contributed by atoms with Crippen molar-refractivity contribution in [2.75, 3.05) is 24.6 Å². The van der Waals surface area contributed by atoms with Crippen LogP contribution in [0.2, 0.25) is 0 Å². The summed E-state index contributed by atoms with van der Waals surface area (Å²) < 4.78 is 25.6. The van der Waals surface area contributed by atoms with E-state index in [1.165, 1.54) is 13.1 Å². The lowest BCUT2D eigenvalue weighted by molar-refractivity contribution is 0.0615. The summed E-state index contributed by atoms with van der Waals surface area (Å²) >= 11 is 0. The van der Waals surface area contributed by atoms with Crippen LogP contribution >= 0.6 is 0 Å². The van der Waals surface area contributed by atoms with E-state index in [9.17, 15) is 13.5 Å². The van der Waals surface area contributed by atoms with Gasteiger partial charge in [-0.2, -0.15) is 0 Å². The van der Waals surface area contributed by atoms with E-state index in [2.05, 4.69) is 10.0 Å². The van der Waals surface area contributed by atoms with E-state index in [1.54, 1.807) is 12.1 Å². The summed E-state index contributed by atoms with van der Waals surface area (Å²) in [6, 6.07) is 4.68. The Morgan fingerprint density at radius 2 is 2.00 bits per heavy atom. The lowest BCUT2D eigenvalue weighted by Crippen LogP contribution is -2.33. The van der Waals surface area contributed by atoms with Crippen molar-refractivity contribution in [2.24, 2.45) is 0 Å². The minimum Gasteiger partial charge on any atom is -0.398 e. The molecule has 20 heavy (non-hydrogen) atoms. The van der Waals surface area contributed by atoms with Gasteiger partial charge in [0.2, 0.25) is 10.0 Å². The first-order chi connectivity index (χ1) is 9.36. The molecule has 5 N–H and O–H groups in total. The molecule has 0 saturated heterocycles. The summed E-state index contributed by atoms with van der Waals surface area (Å²) in [6.45, 7) is 0.449. The molecule has 0 aliphatic heterocycles. The molecule has 0 spiro atoms. The van der Waals surface area contributed by atoms with E-state index in [0.717, 1.165) is 25.7 Å². The van der Waals surface area contributed by atoms with Crippen molar-refractivity contribution in [2.45, 2.75) is 36.2 Å². The molecule has 0 unspecified atom stereocenters. The molecule has 1 aliphatic rings. The van der Waals surface area contributed by atoms with Gasteiger partial charge in [0.25, 0.3) is 0 Å². The molecule has 2 rings (SSSR count). The molecule has 112 valence electrons. The highest BCUT2D eigenvalue weighted by atomic mass is 32.2. The number of nitrogens with two attached hydrogens (primary N) is 1. The Morgan fingerprint density at radius 3 is 2.55 bits per heavy atom. The Morgan fingerprint density at radius 1 is 1.35 bits per heavy atom. The van der Waals surface area contributed by atoms with Gasteiger partial charge in [0, 0.05) is 12.2 Å². The normalized spacial score (nSPS) is 18.1. The number of hydrogen-bond donors (Lipinski definition) is 4. The molecule has 1 aliphatic carbocycles. The van der Waals surface area contributed by atoms with Gasteiger partial charge >= 0.3 is 0 Å². The highest BCUT2D eigenvalue weighted by Gasteiger charge is 2.30. The van der Waals surface area contributed by atoms with Gasteiger partial charge in [0.05, 0.1) is 11.3 Å². The van der Waals surface area contributed by atoms with Crippen LogP contribution in [0.5, 0.6) is 0 Å². The Labute approximate surface area is 119 Å². The van der Waals surface area contributed by atoms with Gasteiger partial charge in [-0.15, -0.1) is 0 Å². The third-order valence-electron chi connectivity index (χ3n) is 3.72. The number of sulfonamides is 1. The van der Waals surface area contributed by atoms with Gasteiger partial charge in [-0.25, -0.2) is 13.1 Å². The predicted octanol–water partition coefficient (Wildman–Crippen LogP) is 0.894. The molecular formula is C13H21N3O3S. The zero-order valence-electron chi connectivity index (χ0n) is 11.5. The maximum Gasteiger partial charge on any atom is 0.242 e. The van der Waals surface area contributed by atoms with E-state index in [1.807, 2.05) is 0 Å². The lowest BCUT2D eigenvalue weighted by atomic mass is 10.0. The summed E-state index contributed by atoms with van der Waals surface area (Å²) in [5.41, 5.74) is 6.01. The van der Waals surface area contributed by atoms with Gasteiger partial charge in [-0.05, 0) is 38.1 Å². The maximum absolute atomic E-state index is 11.7. The Bertz CT molecular complexity index is 581. The van der Waals surface area contributed by atoms with Crippen LogP contribution in [-0.4, -0.2) is 32.7 Å². The van der Waals surface area contributed by atoms with Gasteiger partial charge in [-0.3, -0.25) is 0 Å². The van der Waals surface area contributed by atoms with Crippen molar-refractivity contribution in [1.29, 1.82) is 0 Å². The van der Waals surface area contributed by atoms with Crippen LogP contribution in [-0.2, 0) is 10.0 Å². The number of rotatable bonds is 5. The van der Waals surface area contributed by atoms with Crippen LogP contribution in [0.1, 0.15) is 25.7 Å². The summed E-state index contributed by atoms with van der Waals surface area (Å²) in [7, 11) is -2.20. The average Bonchev–Trinajstić information content (AvgIpc) is 2.84. The molecule has 0 amide bonds. The Balaban J connectivity index is 2.10. The summed E-state index contributed by atoms with van der Waals surface area (Å²) in [4.78, 5) is 0.0603. The third kappa shape index (κ3) is 3.23. The third-order valence-corrected chi connectivity index (χ3v) is 5.21. The fourth-order valence-corrected chi connectivity index (χ4v) is 3.33. The Hall–Kier alpha value is -1.31. The number of nitrogen functional groups attached to an aromatic ring is 1. The van der Waals surface area contributed by atoms with Crippen molar-refractivity contribution < 1.29 is 13.5 Å². The predicted molar refractivity (Wildman–Crippen MR) is 79.0 cm³/mol. The van der Waals surface area contributed by atoms with Crippen molar-refractivity contribution in [3.05, 3.63) is 18.2 Å². The molecule has 1 fully saturated rings. The molecule has 1 saturated carbocycles. The van der Waals surface area contributed by atoms with Gasteiger partial charge in [-0.1, -0.05) is 12.8 Å². The maximum atomic E-state index is 11.7. The van der Waals surface area contributed by atoms with Crippen LogP contribution in [0.4, 0.5) is 11.4 Å². The van der Waals surface area contributed by atoms with Gasteiger partial charge in [0.15, 0.2) is 0 Å². The first kappa shape index (κ1) is 15.1. The Kier molecular flexibility index (Phi) is 4.22. The van der Waals surface area contributed by atoms with E-state index in [0.29, 0.717) is 12.2 Å². The van der Waals surface area contributed by atoms with Crippen molar-refractivity contribution in [3.8, 4) is 0 Å². The molecule has 7 heteroatoms. The molecule has 0 aromatic heterocycles. The lowest BCUT2D eigenvalue weighted by Gasteiger charge is -2.23. The average molecular weight is 299 g/mol. The molecule has 1 aromatic carbocycles. The van der Waals surface area contributed by atoms with E-state index >= 15 is 0 Å². The number of hydrogen-bond acceptors (Lipinski definition) is 5. The minimum atomic E-state index is -3.54. The summed E-state index contributed by atoms with van der Waals surface area (Å²) in [5.74, 6) is 0. The van der Waals surface area contributed by atoms with Crippen LogP contribution in [0, 0.1) is 0 Å². The fraction of sp³-hybridized carbons (Fsp3) is 0.538. The number of nitrogens with one attached hydrogen (secondary N) is 2. The first-order valence-corrected chi connectivity index (χ1v) is 8.14. The quantitative estimate of drug-likeness (QED) is 0.605. The molecule has 0 heterocycles. The molecular weight excluding hydrogens is 278 g/mol. The van der Waals surface area contributed by atoms with Crippen molar-refractivity contribution in [1.82, 2.24) is 4.72 Å². The van der Waals surface area contributed by atoms with Crippen LogP contribution in [0.25, 0.3) is 0 Å². The largest absolute Gasteiger partial charge is 0.398 e. The highest BCUT2D eigenvalue weighted by Crippen LogP contribution is 2.30. The standard InChI is InChI=1S/C13H21N3O3S/c1-15-20(18,19)12-5-4-10(8-11(12)14)16-9-13(17)6-2-3-7-13/h4-5,8,15-17H,2-3,6-7,9,14H2,1H3. The number of aliphatic hydroxyl groups is 1.